The Morgan fingerprint density at radius 3 is 2.71 bits per heavy atom. The molecule has 5 nitrogen and oxygen atoms in total. The summed E-state index contributed by atoms with van der Waals surface area (Å²) in [6, 6.07) is 11.2. The third-order valence-electron chi connectivity index (χ3n) is 7.45. The molecule has 3 aromatic rings. The fraction of sp³-hybridized carbons (Fsp3) is 0.462. The van der Waals surface area contributed by atoms with Crippen molar-refractivity contribution in [1.82, 2.24) is 20.6 Å². The average Bonchev–Trinajstić information content (AvgIpc) is 3.11. The summed E-state index contributed by atoms with van der Waals surface area (Å²) in [6.45, 7) is 10.4. The summed E-state index contributed by atoms with van der Waals surface area (Å²) >= 11 is 0. The molecule has 2 aliphatic heterocycles. The molecular formula is C26H32N4O. The first-order valence-electron chi connectivity index (χ1n) is 11.5. The van der Waals surface area contributed by atoms with Gasteiger partial charge in [-0.05, 0) is 80.5 Å². The number of carbonyl (C=O) groups excluding carboxylic acids is 1. The molecule has 3 N–H and O–H groups in total. The van der Waals surface area contributed by atoms with E-state index in [1.54, 1.807) is 0 Å². The van der Waals surface area contributed by atoms with Crippen LogP contribution in [0.25, 0.3) is 22.2 Å². The first-order valence-corrected chi connectivity index (χ1v) is 11.5. The van der Waals surface area contributed by atoms with E-state index >= 15 is 0 Å². The van der Waals surface area contributed by atoms with Crippen molar-refractivity contribution in [1.29, 1.82) is 0 Å². The van der Waals surface area contributed by atoms with Gasteiger partial charge in [0.1, 0.15) is 0 Å². The SMILES string of the molecule is Cc1cc(-c2[nH]c3ccc(C4(C)CCC5CNC5CNC4=O)cc3c2C(C)C)ccn1. The van der Waals surface area contributed by atoms with Crippen molar-refractivity contribution < 1.29 is 4.79 Å². The van der Waals surface area contributed by atoms with E-state index in [4.69, 9.17) is 0 Å². The summed E-state index contributed by atoms with van der Waals surface area (Å²) in [5, 5.41) is 7.88. The highest BCUT2D eigenvalue weighted by Gasteiger charge is 2.41. The lowest BCUT2D eigenvalue weighted by molar-refractivity contribution is -0.127. The molecule has 0 aliphatic carbocycles. The second-order valence-corrected chi connectivity index (χ2v) is 9.87. The monoisotopic (exact) mass is 416 g/mol. The van der Waals surface area contributed by atoms with Gasteiger partial charge in [0.2, 0.25) is 5.91 Å². The number of fused-ring (bicyclic) bond motifs is 2. The minimum atomic E-state index is -0.506. The third-order valence-corrected chi connectivity index (χ3v) is 7.45. The average molecular weight is 417 g/mol. The van der Waals surface area contributed by atoms with Gasteiger partial charge in [0, 0.05) is 40.9 Å². The highest BCUT2D eigenvalue weighted by atomic mass is 16.2. The molecule has 0 radical (unpaired) electrons. The normalized spacial score (nSPS) is 26.2. The number of pyridine rings is 1. The molecule has 2 saturated heterocycles. The zero-order valence-corrected chi connectivity index (χ0v) is 18.9. The third kappa shape index (κ3) is 3.35. The number of aryl methyl sites for hydroxylation is 1. The van der Waals surface area contributed by atoms with Crippen LogP contribution in [0.2, 0.25) is 0 Å². The minimum absolute atomic E-state index is 0.144. The van der Waals surface area contributed by atoms with Crippen molar-refractivity contribution >= 4 is 16.8 Å². The van der Waals surface area contributed by atoms with Crippen molar-refractivity contribution in [2.24, 2.45) is 5.92 Å². The summed E-state index contributed by atoms with van der Waals surface area (Å²) in [4.78, 5) is 21.2. The number of hydrogen-bond acceptors (Lipinski definition) is 3. The van der Waals surface area contributed by atoms with E-state index in [1.165, 1.54) is 10.9 Å². The van der Waals surface area contributed by atoms with E-state index in [1.807, 2.05) is 13.1 Å². The lowest BCUT2D eigenvalue weighted by Gasteiger charge is -2.43. The summed E-state index contributed by atoms with van der Waals surface area (Å²) in [6.07, 6.45) is 3.84. The van der Waals surface area contributed by atoms with Crippen molar-refractivity contribution in [2.45, 2.75) is 57.9 Å². The number of aromatic nitrogens is 2. The van der Waals surface area contributed by atoms with E-state index in [0.717, 1.165) is 54.0 Å². The topological polar surface area (TPSA) is 69.8 Å². The molecule has 1 amide bonds. The predicted molar refractivity (Wildman–Crippen MR) is 125 cm³/mol. The number of rotatable bonds is 3. The van der Waals surface area contributed by atoms with Crippen molar-refractivity contribution in [2.75, 3.05) is 13.1 Å². The molecule has 0 bridgehead atoms. The molecule has 5 rings (SSSR count). The molecule has 3 atom stereocenters. The number of hydrogen-bond donors (Lipinski definition) is 3. The van der Waals surface area contributed by atoms with E-state index in [-0.39, 0.29) is 5.91 Å². The Labute approximate surface area is 184 Å². The lowest BCUT2D eigenvalue weighted by atomic mass is 9.72. The fourth-order valence-electron chi connectivity index (χ4n) is 5.34. The molecule has 0 saturated carbocycles. The van der Waals surface area contributed by atoms with Gasteiger partial charge in [-0.2, -0.15) is 0 Å². The van der Waals surface area contributed by atoms with Crippen LogP contribution in [0.5, 0.6) is 0 Å². The first-order chi connectivity index (χ1) is 14.9. The van der Waals surface area contributed by atoms with Gasteiger partial charge in [0.15, 0.2) is 0 Å². The van der Waals surface area contributed by atoms with Gasteiger partial charge in [-0.15, -0.1) is 0 Å². The number of amides is 1. The van der Waals surface area contributed by atoms with Crippen LogP contribution in [-0.2, 0) is 10.2 Å². The maximum atomic E-state index is 13.2. The van der Waals surface area contributed by atoms with Crippen molar-refractivity contribution in [3.8, 4) is 11.3 Å². The number of H-pyrrole nitrogens is 1. The molecular weight excluding hydrogens is 384 g/mol. The molecule has 5 heteroatoms. The Morgan fingerprint density at radius 2 is 2.00 bits per heavy atom. The van der Waals surface area contributed by atoms with Gasteiger partial charge in [-0.3, -0.25) is 9.78 Å². The maximum Gasteiger partial charge on any atom is 0.230 e. The molecule has 2 aliphatic rings. The zero-order valence-electron chi connectivity index (χ0n) is 18.9. The highest BCUT2D eigenvalue weighted by Crippen LogP contribution is 2.40. The number of aromatic amines is 1. The van der Waals surface area contributed by atoms with Crippen LogP contribution in [0, 0.1) is 12.8 Å². The smallest absolute Gasteiger partial charge is 0.230 e. The van der Waals surface area contributed by atoms with Crippen LogP contribution in [0.1, 0.15) is 56.4 Å². The molecule has 2 fully saturated rings. The molecule has 31 heavy (non-hydrogen) atoms. The Balaban J connectivity index is 1.60. The van der Waals surface area contributed by atoms with Crippen LogP contribution in [-0.4, -0.2) is 35.0 Å². The summed E-state index contributed by atoms with van der Waals surface area (Å²) in [7, 11) is 0. The summed E-state index contributed by atoms with van der Waals surface area (Å²) in [5.74, 6) is 1.17. The van der Waals surface area contributed by atoms with Gasteiger partial charge >= 0.3 is 0 Å². The second kappa shape index (κ2) is 7.49. The van der Waals surface area contributed by atoms with E-state index < -0.39 is 5.41 Å². The molecule has 0 spiro atoms. The maximum absolute atomic E-state index is 13.2. The van der Waals surface area contributed by atoms with E-state index in [2.05, 4.69) is 71.7 Å². The first kappa shape index (κ1) is 20.3. The molecule has 3 unspecified atom stereocenters. The number of nitrogens with zero attached hydrogens (tertiary/aromatic N) is 1. The molecule has 4 heterocycles. The van der Waals surface area contributed by atoms with Crippen LogP contribution < -0.4 is 10.6 Å². The molecule has 2 aromatic heterocycles. The fourth-order valence-corrected chi connectivity index (χ4v) is 5.34. The lowest BCUT2D eigenvalue weighted by Crippen LogP contribution is -2.61. The highest BCUT2D eigenvalue weighted by molar-refractivity contribution is 5.94. The Morgan fingerprint density at radius 1 is 1.16 bits per heavy atom. The summed E-state index contributed by atoms with van der Waals surface area (Å²) < 4.78 is 0. The van der Waals surface area contributed by atoms with Crippen LogP contribution in [0.4, 0.5) is 0 Å². The van der Waals surface area contributed by atoms with E-state index in [9.17, 15) is 4.79 Å². The minimum Gasteiger partial charge on any atom is -0.354 e. The van der Waals surface area contributed by atoms with Crippen LogP contribution in [0.15, 0.2) is 36.5 Å². The second-order valence-electron chi connectivity index (χ2n) is 9.87. The van der Waals surface area contributed by atoms with E-state index in [0.29, 0.717) is 17.9 Å². The molecule has 162 valence electrons. The number of benzene rings is 1. The van der Waals surface area contributed by atoms with Crippen molar-refractivity contribution in [3.63, 3.8) is 0 Å². The zero-order chi connectivity index (χ0) is 21.8. The number of nitrogens with one attached hydrogen (secondary N) is 3. The van der Waals surface area contributed by atoms with Gasteiger partial charge in [0.05, 0.1) is 11.1 Å². The van der Waals surface area contributed by atoms with Crippen molar-refractivity contribution in [3.05, 3.63) is 53.3 Å². The van der Waals surface area contributed by atoms with Crippen LogP contribution in [0.3, 0.4) is 0 Å². The molecule has 1 aromatic carbocycles. The predicted octanol–water partition coefficient (Wildman–Crippen LogP) is 4.42. The summed E-state index contributed by atoms with van der Waals surface area (Å²) in [5.41, 5.74) is 6.36. The van der Waals surface area contributed by atoms with Crippen LogP contribution >= 0.6 is 0 Å². The Bertz CT molecular complexity index is 1150. The number of carbonyl (C=O) groups is 1. The van der Waals surface area contributed by atoms with Gasteiger partial charge in [-0.25, -0.2) is 0 Å². The van der Waals surface area contributed by atoms with Gasteiger partial charge < -0.3 is 15.6 Å². The standard InChI is InChI=1S/C26H32N4O/c1-15(2)23-20-12-19(26(4)9-7-18-13-28-22(18)14-29-25(26)31)5-6-21(20)30-24(23)17-8-10-27-16(3)11-17/h5-6,8,10-12,15,18,22,28,30H,7,9,13-14H2,1-4H3,(H,29,31). The quantitative estimate of drug-likeness (QED) is 0.592. The largest absolute Gasteiger partial charge is 0.354 e. The van der Waals surface area contributed by atoms with Gasteiger partial charge in [-0.1, -0.05) is 19.9 Å². The van der Waals surface area contributed by atoms with Gasteiger partial charge in [0.25, 0.3) is 0 Å². The Kier molecular flexibility index (Phi) is 4.89. The Hall–Kier alpha value is -2.66.